The molecule has 0 saturated heterocycles. The number of aromatic nitrogens is 3. The summed E-state index contributed by atoms with van der Waals surface area (Å²) in [6.07, 6.45) is 1.50. The Morgan fingerprint density at radius 2 is 2.00 bits per heavy atom. The number of nitrogens with two attached hydrogens (primary N) is 1. The smallest absolute Gasteiger partial charge is 0.270 e. The molecule has 2 aromatic rings. The topological polar surface area (TPSA) is 73.8 Å². The third-order valence-electron chi connectivity index (χ3n) is 1.84. The highest BCUT2D eigenvalue weighted by Crippen LogP contribution is 2.10. The van der Waals surface area contributed by atoms with E-state index in [1.165, 1.54) is 10.9 Å². The van der Waals surface area contributed by atoms with Gasteiger partial charge in [-0.05, 0) is 46.9 Å². The summed E-state index contributed by atoms with van der Waals surface area (Å²) in [5.41, 5.74) is 6.08. The summed E-state index contributed by atoms with van der Waals surface area (Å²) in [6.45, 7) is 0. The van der Waals surface area contributed by atoms with Gasteiger partial charge in [0, 0.05) is 3.57 Å². The first-order valence-corrected chi connectivity index (χ1v) is 5.23. The quantitative estimate of drug-likeness (QED) is 0.840. The van der Waals surface area contributed by atoms with Crippen molar-refractivity contribution in [2.75, 3.05) is 0 Å². The zero-order chi connectivity index (χ0) is 10.8. The van der Waals surface area contributed by atoms with Gasteiger partial charge in [-0.15, -0.1) is 5.10 Å². The summed E-state index contributed by atoms with van der Waals surface area (Å²) >= 11 is 2.21. The van der Waals surface area contributed by atoms with E-state index in [2.05, 4.69) is 32.9 Å². The van der Waals surface area contributed by atoms with Crippen LogP contribution in [0.1, 0.15) is 10.5 Å². The molecule has 0 fully saturated rings. The number of halogens is 1. The molecule has 15 heavy (non-hydrogen) atoms. The molecule has 0 saturated carbocycles. The van der Waals surface area contributed by atoms with Gasteiger partial charge in [-0.1, -0.05) is 5.21 Å². The number of amides is 1. The standard InChI is InChI=1S/C9H7IN4O/c10-6-1-3-7(4-2-6)14-5-8(9(11)15)12-13-14/h1-5H,(H2,11,15). The molecule has 5 nitrogen and oxygen atoms in total. The Kier molecular flexibility index (Phi) is 2.67. The molecule has 0 radical (unpaired) electrons. The van der Waals surface area contributed by atoms with Crippen LogP contribution in [-0.2, 0) is 0 Å². The van der Waals surface area contributed by atoms with Crippen LogP contribution in [-0.4, -0.2) is 20.9 Å². The number of hydrogen-bond donors (Lipinski definition) is 1. The second-order valence-corrected chi connectivity index (χ2v) is 4.13. The second-order valence-electron chi connectivity index (χ2n) is 2.89. The first-order valence-electron chi connectivity index (χ1n) is 4.15. The monoisotopic (exact) mass is 314 g/mol. The number of primary amides is 1. The lowest BCUT2D eigenvalue weighted by molar-refractivity contribution is 0.0995. The van der Waals surface area contributed by atoms with Crippen molar-refractivity contribution in [2.45, 2.75) is 0 Å². The van der Waals surface area contributed by atoms with Crippen LogP contribution in [0.3, 0.4) is 0 Å². The Labute approximate surface area is 99.4 Å². The fourth-order valence-electron chi connectivity index (χ4n) is 1.10. The van der Waals surface area contributed by atoms with Crippen molar-refractivity contribution in [3.63, 3.8) is 0 Å². The number of nitrogens with zero attached hydrogens (tertiary/aromatic N) is 3. The maximum atomic E-state index is 10.8. The van der Waals surface area contributed by atoms with Crippen molar-refractivity contribution >= 4 is 28.5 Å². The van der Waals surface area contributed by atoms with Gasteiger partial charge in [-0.3, -0.25) is 4.79 Å². The van der Waals surface area contributed by atoms with Gasteiger partial charge in [0.2, 0.25) is 0 Å². The van der Waals surface area contributed by atoms with E-state index in [4.69, 9.17) is 5.73 Å². The molecule has 0 spiro atoms. The normalized spacial score (nSPS) is 10.2. The molecule has 2 rings (SSSR count). The highest BCUT2D eigenvalue weighted by Gasteiger charge is 2.06. The van der Waals surface area contributed by atoms with Crippen LogP contribution in [0.15, 0.2) is 30.5 Å². The fourth-order valence-corrected chi connectivity index (χ4v) is 1.46. The van der Waals surface area contributed by atoms with Crippen molar-refractivity contribution in [1.29, 1.82) is 0 Å². The van der Waals surface area contributed by atoms with E-state index < -0.39 is 5.91 Å². The molecule has 1 amide bonds. The van der Waals surface area contributed by atoms with Gasteiger partial charge in [0.1, 0.15) is 0 Å². The largest absolute Gasteiger partial charge is 0.364 e. The van der Waals surface area contributed by atoms with Gasteiger partial charge in [0.25, 0.3) is 5.91 Å². The number of hydrogen-bond acceptors (Lipinski definition) is 3. The Bertz CT molecular complexity index is 491. The van der Waals surface area contributed by atoms with Crippen LogP contribution in [0, 0.1) is 3.57 Å². The van der Waals surface area contributed by atoms with Crippen molar-refractivity contribution in [3.8, 4) is 5.69 Å². The zero-order valence-electron chi connectivity index (χ0n) is 7.59. The van der Waals surface area contributed by atoms with E-state index in [1.807, 2.05) is 24.3 Å². The van der Waals surface area contributed by atoms with Crippen LogP contribution < -0.4 is 5.73 Å². The molecule has 2 N–H and O–H groups in total. The Balaban J connectivity index is 2.37. The minimum Gasteiger partial charge on any atom is -0.364 e. The molecule has 0 aliphatic rings. The van der Waals surface area contributed by atoms with Gasteiger partial charge < -0.3 is 5.73 Å². The van der Waals surface area contributed by atoms with E-state index in [1.54, 1.807) is 0 Å². The van der Waals surface area contributed by atoms with E-state index in [0.717, 1.165) is 9.26 Å². The summed E-state index contributed by atoms with van der Waals surface area (Å²) < 4.78 is 2.64. The van der Waals surface area contributed by atoms with E-state index >= 15 is 0 Å². The van der Waals surface area contributed by atoms with Gasteiger partial charge in [0.15, 0.2) is 5.69 Å². The minimum absolute atomic E-state index is 0.161. The van der Waals surface area contributed by atoms with Crippen LogP contribution in [0.25, 0.3) is 5.69 Å². The molecule has 0 bridgehead atoms. The highest BCUT2D eigenvalue weighted by atomic mass is 127. The molecule has 1 aromatic heterocycles. The first kappa shape index (κ1) is 10.1. The average molecular weight is 314 g/mol. The molecule has 0 atom stereocenters. The third kappa shape index (κ3) is 2.14. The SMILES string of the molecule is NC(=O)c1cn(-c2ccc(I)cc2)nn1. The lowest BCUT2D eigenvalue weighted by atomic mass is 10.3. The summed E-state index contributed by atoms with van der Waals surface area (Å²) in [4.78, 5) is 10.8. The molecule has 6 heteroatoms. The first-order chi connectivity index (χ1) is 7.16. The summed E-state index contributed by atoms with van der Waals surface area (Å²) in [5, 5.41) is 7.45. The van der Waals surface area contributed by atoms with Crippen LogP contribution in [0.4, 0.5) is 0 Å². The maximum absolute atomic E-state index is 10.8. The van der Waals surface area contributed by atoms with Gasteiger partial charge in [0.05, 0.1) is 11.9 Å². The Hall–Kier alpha value is -1.44. The summed E-state index contributed by atoms with van der Waals surface area (Å²) in [7, 11) is 0. The van der Waals surface area contributed by atoms with Crippen LogP contribution in [0.2, 0.25) is 0 Å². The summed E-state index contributed by atoms with van der Waals surface area (Å²) in [6, 6.07) is 7.67. The number of rotatable bonds is 2. The van der Waals surface area contributed by atoms with E-state index in [9.17, 15) is 4.79 Å². The molecule has 1 aromatic carbocycles. The van der Waals surface area contributed by atoms with Crippen molar-refractivity contribution < 1.29 is 4.79 Å². The van der Waals surface area contributed by atoms with E-state index in [0.29, 0.717) is 0 Å². The molecule has 76 valence electrons. The molecule has 1 heterocycles. The molecular weight excluding hydrogens is 307 g/mol. The second kappa shape index (κ2) is 3.97. The lowest BCUT2D eigenvalue weighted by Gasteiger charge is -1.98. The van der Waals surface area contributed by atoms with Crippen LogP contribution in [0.5, 0.6) is 0 Å². The van der Waals surface area contributed by atoms with Crippen molar-refractivity contribution in [3.05, 3.63) is 39.7 Å². The summed E-state index contributed by atoms with van der Waals surface area (Å²) in [5.74, 6) is -0.577. The lowest BCUT2D eigenvalue weighted by Crippen LogP contribution is -2.11. The van der Waals surface area contributed by atoms with Gasteiger partial charge in [-0.25, -0.2) is 4.68 Å². The zero-order valence-corrected chi connectivity index (χ0v) is 9.75. The van der Waals surface area contributed by atoms with Gasteiger partial charge in [-0.2, -0.15) is 0 Å². The third-order valence-corrected chi connectivity index (χ3v) is 2.56. The molecule has 0 aliphatic heterocycles. The predicted octanol–water partition coefficient (Wildman–Crippen LogP) is 0.971. The maximum Gasteiger partial charge on any atom is 0.270 e. The molecule has 0 aliphatic carbocycles. The van der Waals surface area contributed by atoms with Crippen molar-refractivity contribution in [1.82, 2.24) is 15.0 Å². The Morgan fingerprint density at radius 3 is 2.53 bits per heavy atom. The number of benzene rings is 1. The average Bonchev–Trinajstić information content (AvgIpc) is 2.68. The Morgan fingerprint density at radius 1 is 1.33 bits per heavy atom. The van der Waals surface area contributed by atoms with Crippen LogP contribution >= 0.6 is 22.6 Å². The minimum atomic E-state index is -0.577. The number of carbonyl (C=O) groups is 1. The predicted molar refractivity (Wildman–Crippen MR) is 62.6 cm³/mol. The van der Waals surface area contributed by atoms with Crippen molar-refractivity contribution in [2.24, 2.45) is 5.73 Å². The van der Waals surface area contributed by atoms with Gasteiger partial charge >= 0.3 is 0 Å². The molecule has 0 unspecified atom stereocenters. The van der Waals surface area contributed by atoms with E-state index in [-0.39, 0.29) is 5.69 Å². The molecular formula is C9H7IN4O. The highest BCUT2D eigenvalue weighted by molar-refractivity contribution is 14.1. The fraction of sp³-hybridized carbons (Fsp3) is 0. The number of carbonyl (C=O) groups excluding carboxylic acids is 1.